The second-order valence-electron chi connectivity index (χ2n) is 5.42. The molecule has 1 aliphatic rings. The van der Waals surface area contributed by atoms with Gasteiger partial charge in [-0.1, -0.05) is 24.3 Å². The van der Waals surface area contributed by atoms with Gasteiger partial charge in [0, 0.05) is 19.1 Å². The van der Waals surface area contributed by atoms with Gasteiger partial charge in [0.2, 0.25) is 0 Å². The van der Waals surface area contributed by atoms with Gasteiger partial charge in [0.25, 0.3) is 5.91 Å². The van der Waals surface area contributed by atoms with E-state index in [1.807, 2.05) is 30.9 Å². The van der Waals surface area contributed by atoms with Gasteiger partial charge in [-0.25, -0.2) is 0 Å². The number of fused-ring (bicyclic) bond motifs is 1. The third-order valence-corrected chi connectivity index (χ3v) is 3.64. The molecule has 0 atom stereocenters. The number of nitrogens with two attached hydrogens (primary N) is 1. The molecule has 104 valence electrons. The molecule has 1 amide bonds. The van der Waals surface area contributed by atoms with E-state index < -0.39 is 0 Å². The summed E-state index contributed by atoms with van der Waals surface area (Å²) < 4.78 is 1.70. The van der Waals surface area contributed by atoms with Gasteiger partial charge in [0.15, 0.2) is 0 Å². The molecule has 0 saturated heterocycles. The normalized spacial score (nSPS) is 13.8. The number of rotatable bonds is 2. The monoisotopic (exact) mass is 270 g/mol. The maximum atomic E-state index is 12.7. The molecule has 1 aromatic heterocycles. The zero-order valence-electron chi connectivity index (χ0n) is 11.7. The van der Waals surface area contributed by atoms with Gasteiger partial charge >= 0.3 is 0 Å². The predicted octanol–water partition coefficient (Wildman–Crippen LogP) is 2.20. The van der Waals surface area contributed by atoms with Crippen molar-refractivity contribution in [3.8, 4) is 0 Å². The summed E-state index contributed by atoms with van der Waals surface area (Å²) in [5.41, 5.74) is 9.27. The topological polar surface area (TPSA) is 64.2 Å². The lowest BCUT2D eigenvalue weighted by molar-refractivity contribution is 0.0738. The second kappa shape index (κ2) is 4.67. The molecular weight excluding hydrogens is 252 g/mol. The molecule has 0 radical (unpaired) electrons. The minimum Gasteiger partial charge on any atom is -0.396 e. The first kappa shape index (κ1) is 12.7. The molecule has 2 N–H and O–H groups in total. The van der Waals surface area contributed by atoms with E-state index in [4.69, 9.17) is 5.73 Å². The third-order valence-electron chi connectivity index (χ3n) is 3.64. The maximum absolute atomic E-state index is 12.7. The van der Waals surface area contributed by atoms with Gasteiger partial charge in [-0.3, -0.25) is 9.48 Å². The van der Waals surface area contributed by atoms with Crippen LogP contribution in [0.2, 0.25) is 0 Å². The Labute approximate surface area is 118 Å². The van der Waals surface area contributed by atoms with Crippen LogP contribution in [0.4, 0.5) is 5.69 Å². The molecule has 2 heterocycles. The highest BCUT2D eigenvalue weighted by molar-refractivity contribution is 5.97. The van der Waals surface area contributed by atoms with Crippen LogP contribution < -0.4 is 5.73 Å². The number of nitrogens with zero attached hydrogens (tertiary/aromatic N) is 3. The lowest BCUT2D eigenvalue weighted by Gasteiger charge is -2.18. The van der Waals surface area contributed by atoms with Gasteiger partial charge in [-0.05, 0) is 25.0 Å². The van der Waals surface area contributed by atoms with E-state index >= 15 is 0 Å². The number of benzene rings is 1. The molecular formula is C15H18N4O. The van der Waals surface area contributed by atoms with E-state index in [1.54, 1.807) is 10.9 Å². The summed E-state index contributed by atoms with van der Waals surface area (Å²) in [5, 5.41) is 4.20. The quantitative estimate of drug-likeness (QED) is 0.910. The van der Waals surface area contributed by atoms with Crippen molar-refractivity contribution in [2.24, 2.45) is 0 Å². The lowest BCUT2D eigenvalue weighted by Crippen LogP contribution is -2.29. The molecule has 2 aromatic rings. The molecule has 5 nitrogen and oxygen atoms in total. The summed E-state index contributed by atoms with van der Waals surface area (Å²) in [6.07, 6.45) is 1.55. The molecule has 1 aliphatic heterocycles. The van der Waals surface area contributed by atoms with E-state index in [9.17, 15) is 4.79 Å². The van der Waals surface area contributed by atoms with Crippen molar-refractivity contribution in [3.05, 3.63) is 47.3 Å². The Balaban J connectivity index is 1.90. The standard InChI is InChI=1S/C15H18N4O/c1-10(2)19-14(13(16)7-17-19)15(20)18-8-11-5-3-4-6-12(11)9-18/h3-7,10H,8-9,16H2,1-2H3. The fourth-order valence-corrected chi connectivity index (χ4v) is 2.62. The van der Waals surface area contributed by atoms with E-state index in [2.05, 4.69) is 17.2 Å². The summed E-state index contributed by atoms with van der Waals surface area (Å²) in [5.74, 6) is -0.0510. The van der Waals surface area contributed by atoms with E-state index in [1.165, 1.54) is 11.1 Å². The Bertz CT molecular complexity index is 635. The Morgan fingerprint density at radius 2 is 1.85 bits per heavy atom. The Morgan fingerprint density at radius 3 is 2.40 bits per heavy atom. The molecule has 0 unspecified atom stereocenters. The van der Waals surface area contributed by atoms with Gasteiger partial charge < -0.3 is 10.6 Å². The van der Waals surface area contributed by atoms with E-state index in [-0.39, 0.29) is 11.9 Å². The minimum atomic E-state index is -0.0510. The molecule has 0 bridgehead atoms. The Hall–Kier alpha value is -2.30. The highest BCUT2D eigenvalue weighted by Gasteiger charge is 2.28. The van der Waals surface area contributed by atoms with Crippen LogP contribution >= 0.6 is 0 Å². The van der Waals surface area contributed by atoms with Gasteiger partial charge in [0.05, 0.1) is 11.9 Å². The molecule has 0 spiro atoms. The van der Waals surface area contributed by atoms with Crippen molar-refractivity contribution in [2.75, 3.05) is 5.73 Å². The smallest absolute Gasteiger partial charge is 0.274 e. The van der Waals surface area contributed by atoms with Crippen LogP contribution in [0.25, 0.3) is 0 Å². The number of amides is 1. The number of anilines is 1. The summed E-state index contributed by atoms with van der Waals surface area (Å²) in [7, 11) is 0. The van der Waals surface area contributed by atoms with Crippen molar-refractivity contribution in [1.29, 1.82) is 0 Å². The molecule has 0 aliphatic carbocycles. The first-order chi connectivity index (χ1) is 9.58. The minimum absolute atomic E-state index is 0.0510. The zero-order valence-corrected chi connectivity index (χ0v) is 11.7. The molecule has 3 rings (SSSR count). The van der Waals surface area contributed by atoms with Crippen LogP contribution in [0.1, 0.15) is 41.5 Å². The maximum Gasteiger partial charge on any atom is 0.274 e. The lowest BCUT2D eigenvalue weighted by atomic mass is 10.1. The Kier molecular flexibility index (Phi) is 2.97. The van der Waals surface area contributed by atoms with Crippen LogP contribution in [0.15, 0.2) is 30.5 Å². The van der Waals surface area contributed by atoms with Crippen molar-refractivity contribution in [2.45, 2.75) is 33.0 Å². The SMILES string of the molecule is CC(C)n1ncc(N)c1C(=O)N1Cc2ccccc2C1. The number of aromatic nitrogens is 2. The van der Waals surface area contributed by atoms with Gasteiger partial charge in [-0.2, -0.15) is 5.10 Å². The van der Waals surface area contributed by atoms with Crippen LogP contribution in [0.5, 0.6) is 0 Å². The van der Waals surface area contributed by atoms with Crippen molar-refractivity contribution >= 4 is 11.6 Å². The van der Waals surface area contributed by atoms with E-state index in [0.717, 1.165) is 0 Å². The number of carbonyl (C=O) groups excluding carboxylic acids is 1. The first-order valence-electron chi connectivity index (χ1n) is 6.77. The predicted molar refractivity (Wildman–Crippen MR) is 77.0 cm³/mol. The highest BCUT2D eigenvalue weighted by atomic mass is 16.2. The fraction of sp³-hybridized carbons (Fsp3) is 0.333. The van der Waals surface area contributed by atoms with Gasteiger partial charge in [-0.15, -0.1) is 0 Å². The number of nitrogen functional groups attached to an aromatic ring is 1. The summed E-state index contributed by atoms with van der Waals surface area (Å²) >= 11 is 0. The summed E-state index contributed by atoms with van der Waals surface area (Å²) in [4.78, 5) is 14.5. The summed E-state index contributed by atoms with van der Waals surface area (Å²) in [6.45, 7) is 5.25. The number of carbonyl (C=O) groups is 1. The first-order valence-corrected chi connectivity index (χ1v) is 6.77. The average molecular weight is 270 g/mol. The van der Waals surface area contributed by atoms with Crippen molar-refractivity contribution < 1.29 is 4.79 Å². The van der Waals surface area contributed by atoms with Gasteiger partial charge in [0.1, 0.15) is 5.69 Å². The second-order valence-corrected chi connectivity index (χ2v) is 5.42. The molecule has 5 heteroatoms. The molecule has 0 fully saturated rings. The average Bonchev–Trinajstić information content (AvgIpc) is 3.01. The molecule has 20 heavy (non-hydrogen) atoms. The largest absolute Gasteiger partial charge is 0.396 e. The van der Waals surface area contributed by atoms with Crippen LogP contribution in [0.3, 0.4) is 0 Å². The highest BCUT2D eigenvalue weighted by Crippen LogP contribution is 2.26. The Morgan fingerprint density at radius 1 is 1.25 bits per heavy atom. The zero-order chi connectivity index (χ0) is 14.3. The van der Waals surface area contributed by atoms with Crippen LogP contribution in [0, 0.1) is 0 Å². The fourth-order valence-electron chi connectivity index (χ4n) is 2.62. The molecule has 1 aromatic carbocycles. The van der Waals surface area contributed by atoms with Crippen LogP contribution in [-0.4, -0.2) is 20.6 Å². The number of hydrogen-bond donors (Lipinski definition) is 1. The van der Waals surface area contributed by atoms with Crippen molar-refractivity contribution in [3.63, 3.8) is 0 Å². The number of hydrogen-bond acceptors (Lipinski definition) is 3. The van der Waals surface area contributed by atoms with Crippen molar-refractivity contribution in [1.82, 2.24) is 14.7 Å². The van der Waals surface area contributed by atoms with Crippen LogP contribution in [-0.2, 0) is 13.1 Å². The molecule has 0 saturated carbocycles. The third kappa shape index (κ3) is 1.95. The van der Waals surface area contributed by atoms with E-state index in [0.29, 0.717) is 24.5 Å². The summed E-state index contributed by atoms with van der Waals surface area (Å²) in [6, 6.07) is 8.23.